The number of piperidine rings is 1. The van der Waals surface area contributed by atoms with Crippen molar-refractivity contribution in [3.05, 3.63) is 29.8 Å². The molecule has 3 heteroatoms. The molecule has 20 heavy (non-hydrogen) atoms. The van der Waals surface area contributed by atoms with Gasteiger partial charge in [0.25, 0.3) is 0 Å². The molecule has 0 spiro atoms. The Hall–Kier alpha value is -1.51. The number of phenols is 1. The van der Waals surface area contributed by atoms with E-state index in [4.69, 9.17) is 0 Å². The Labute approximate surface area is 121 Å². The Kier molecular flexibility index (Phi) is 4.69. The van der Waals surface area contributed by atoms with Crippen molar-refractivity contribution in [2.75, 3.05) is 13.1 Å². The van der Waals surface area contributed by atoms with Crippen molar-refractivity contribution in [1.29, 1.82) is 0 Å². The maximum atomic E-state index is 12.3. The van der Waals surface area contributed by atoms with Gasteiger partial charge >= 0.3 is 0 Å². The van der Waals surface area contributed by atoms with E-state index in [0.29, 0.717) is 23.5 Å². The molecule has 3 nitrogen and oxygen atoms in total. The zero-order chi connectivity index (χ0) is 14.7. The molecule has 0 bridgehead atoms. The Morgan fingerprint density at radius 2 is 1.70 bits per heavy atom. The van der Waals surface area contributed by atoms with Crippen molar-refractivity contribution < 1.29 is 9.90 Å². The normalized spacial score (nSPS) is 18.3. The van der Waals surface area contributed by atoms with Crippen LogP contribution >= 0.6 is 0 Å². The lowest BCUT2D eigenvalue weighted by Crippen LogP contribution is -2.41. The first kappa shape index (κ1) is 14.9. The van der Waals surface area contributed by atoms with Gasteiger partial charge in [0, 0.05) is 19.0 Å². The molecule has 2 rings (SSSR count). The summed E-state index contributed by atoms with van der Waals surface area (Å²) < 4.78 is 0. The first-order chi connectivity index (χ1) is 9.49. The number of aromatic hydroxyl groups is 1. The van der Waals surface area contributed by atoms with Crippen LogP contribution in [0.3, 0.4) is 0 Å². The van der Waals surface area contributed by atoms with Crippen LogP contribution in [0.1, 0.15) is 45.1 Å². The van der Waals surface area contributed by atoms with Gasteiger partial charge in [0.2, 0.25) is 5.91 Å². The quantitative estimate of drug-likeness (QED) is 0.918. The smallest absolute Gasteiger partial charge is 0.225 e. The summed E-state index contributed by atoms with van der Waals surface area (Å²) in [6, 6.07) is 7.48. The number of phenolic OH excluding ortho intramolecular Hbond substituents is 1. The van der Waals surface area contributed by atoms with E-state index in [1.807, 2.05) is 24.0 Å². The highest BCUT2D eigenvalue weighted by molar-refractivity contribution is 5.78. The molecule has 0 radical (unpaired) electrons. The first-order valence-corrected chi connectivity index (χ1v) is 7.56. The second-order valence-corrected chi connectivity index (χ2v) is 6.22. The van der Waals surface area contributed by atoms with Gasteiger partial charge in [-0.15, -0.1) is 0 Å². The van der Waals surface area contributed by atoms with Gasteiger partial charge in [-0.05, 0) is 42.4 Å². The zero-order valence-corrected chi connectivity index (χ0v) is 12.7. The number of amides is 1. The Morgan fingerprint density at radius 1 is 1.15 bits per heavy atom. The van der Waals surface area contributed by atoms with E-state index in [0.717, 1.165) is 25.9 Å². The SMILES string of the molecule is CC(C)C(C)C(=O)N1CCC(c2ccc(O)cc2)CC1. The molecule has 1 atom stereocenters. The van der Waals surface area contributed by atoms with Crippen molar-refractivity contribution in [2.45, 2.75) is 39.5 Å². The molecule has 1 aromatic rings. The van der Waals surface area contributed by atoms with Crippen LogP contribution < -0.4 is 0 Å². The topological polar surface area (TPSA) is 40.5 Å². The average molecular weight is 275 g/mol. The Morgan fingerprint density at radius 3 is 2.20 bits per heavy atom. The molecule has 1 unspecified atom stereocenters. The van der Waals surface area contributed by atoms with E-state index in [-0.39, 0.29) is 5.92 Å². The first-order valence-electron chi connectivity index (χ1n) is 7.56. The van der Waals surface area contributed by atoms with Gasteiger partial charge in [-0.1, -0.05) is 32.9 Å². The second kappa shape index (κ2) is 6.29. The second-order valence-electron chi connectivity index (χ2n) is 6.22. The van der Waals surface area contributed by atoms with Gasteiger partial charge in [0.15, 0.2) is 0 Å². The standard InChI is InChI=1S/C17H25NO2/c1-12(2)13(3)17(20)18-10-8-15(9-11-18)14-4-6-16(19)7-5-14/h4-7,12-13,15,19H,8-11H2,1-3H3. The third kappa shape index (κ3) is 3.33. The molecule has 1 heterocycles. The van der Waals surface area contributed by atoms with E-state index in [9.17, 15) is 9.90 Å². The van der Waals surface area contributed by atoms with Gasteiger partial charge in [-0.25, -0.2) is 0 Å². The van der Waals surface area contributed by atoms with Crippen LogP contribution in [0.5, 0.6) is 5.75 Å². The summed E-state index contributed by atoms with van der Waals surface area (Å²) in [4.78, 5) is 14.3. The molecule has 1 aliphatic rings. The molecule has 1 saturated heterocycles. The fourth-order valence-electron chi connectivity index (χ4n) is 2.75. The summed E-state index contributed by atoms with van der Waals surface area (Å²) in [5, 5.41) is 9.33. The number of carbonyl (C=O) groups excluding carboxylic acids is 1. The van der Waals surface area contributed by atoms with Crippen molar-refractivity contribution in [1.82, 2.24) is 4.90 Å². The van der Waals surface area contributed by atoms with Crippen LogP contribution in [0.2, 0.25) is 0 Å². The van der Waals surface area contributed by atoms with E-state index in [1.54, 1.807) is 12.1 Å². The molecule has 0 aromatic heterocycles. The van der Waals surface area contributed by atoms with Gasteiger partial charge in [-0.3, -0.25) is 4.79 Å². The number of carbonyl (C=O) groups is 1. The van der Waals surface area contributed by atoms with E-state index >= 15 is 0 Å². The van der Waals surface area contributed by atoms with Crippen molar-refractivity contribution in [3.63, 3.8) is 0 Å². The molecule has 1 fully saturated rings. The summed E-state index contributed by atoms with van der Waals surface area (Å²) in [7, 11) is 0. The van der Waals surface area contributed by atoms with Gasteiger partial charge < -0.3 is 10.0 Å². The number of hydrogen-bond acceptors (Lipinski definition) is 2. The minimum Gasteiger partial charge on any atom is -0.508 e. The minimum absolute atomic E-state index is 0.111. The van der Waals surface area contributed by atoms with Crippen molar-refractivity contribution in [2.24, 2.45) is 11.8 Å². The summed E-state index contributed by atoms with van der Waals surface area (Å²) in [5.41, 5.74) is 1.27. The van der Waals surface area contributed by atoms with Crippen LogP contribution in [0.15, 0.2) is 24.3 Å². The summed E-state index contributed by atoms with van der Waals surface area (Å²) in [6.07, 6.45) is 2.03. The van der Waals surface area contributed by atoms with Crippen LogP contribution in [0.25, 0.3) is 0 Å². The van der Waals surface area contributed by atoms with E-state index < -0.39 is 0 Å². The fraction of sp³-hybridized carbons (Fsp3) is 0.588. The number of rotatable bonds is 3. The Balaban J connectivity index is 1.92. The van der Waals surface area contributed by atoms with Gasteiger partial charge in [-0.2, -0.15) is 0 Å². The van der Waals surface area contributed by atoms with Gasteiger partial charge in [0.05, 0.1) is 0 Å². The van der Waals surface area contributed by atoms with Crippen molar-refractivity contribution >= 4 is 5.91 Å². The highest BCUT2D eigenvalue weighted by Crippen LogP contribution is 2.30. The third-order valence-corrected chi connectivity index (χ3v) is 4.56. The minimum atomic E-state index is 0.111. The highest BCUT2D eigenvalue weighted by atomic mass is 16.3. The third-order valence-electron chi connectivity index (χ3n) is 4.56. The summed E-state index contributed by atoms with van der Waals surface area (Å²) >= 11 is 0. The van der Waals surface area contributed by atoms with E-state index in [2.05, 4.69) is 13.8 Å². The van der Waals surface area contributed by atoms with E-state index in [1.165, 1.54) is 5.56 Å². The lowest BCUT2D eigenvalue weighted by atomic mass is 9.88. The monoisotopic (exact) mass is 275 g/mol. The lowest BCUT2D eigenvalue weighted by Gasteiger charge is -2.34. The Bertz CT molecular complexity index is 445. The molecule has 110 valence electrons. The van der Waals surface area contributed by atoms with Crippen LogP contribution in [0, 0.1) is 11.8 Å². The highest BCUT2D eigenvalue weighted by Gasteiger charge is 2.27. The number of hydrogen-bond donors (Lipinski definition) is 1. The number of benzene rings is 1. The largest absolute Gasteiger partial charge is 0.508 e. The van der Waals surface area contributed by atoms with Crippen LogP contribution in [-0.2, 0) is 4.79 Å². The fourth-order valence-corrected chi connectivity index (χ4v) is 2.75. The molecule has 1 aliphatic heterocycles. The van der Waals surface area contributed by atoms with Crippen LogP contribution in [0.4, 0.5) is 0 Å². The maximum absolute atomic E-state index is 12.3. The lowest BCUT2D eigenvalue weighted by molar-refractivity contribution is -0.137. The molecular formula is C17H25NO2. The number of likely N-dealkylation sites (tertiary alicyclic amines) is 1. The predicted octanol–water partition coefficient (Wildman–Crippen LogP) is 3.39. The predicted molar refractivity (Wildman–Crippen MR) is 80.7 cm³/mol. The average Bonchev–Trinajstić information content (AvgIpc) is 2.46. The van der Waals surface area contributed by atoms with Gasteiger partial charge in [0.1, 0.15) is 5.75 Å². The molecular weight excluding hydrogens is 250 g/mol. The van der Waals surface area contributed by atoms with Crippen LogP contribution in [-0.4, -0.2) is 29.0 Å². The molecule has 1 aromatic carbocycles. The molecule has 0 saturated carbocycles. The molecule has 1 N–H and O–H groups in total. The number of nitrogens with zero attached hydrogens (tertiary/aromatic N) is 1. The summed E-state index contributed by atoms with van der Waals surface area (Å²) in [5.74, 6) is 1.63. The summed E-state index contributed by atoms with van der Waals surface area (Å²) in [6.45, 7) is 7.93. The zero-order valence-electron chi connectivity index (χ0n) is 12.7. The van der Waals surface area contributed by atoms with Crippen molar-refractivity contribution in [3.8, 4) is 5.75 Å². The maximum Gasteiger partial charge on any atom is 0.225 e. The molecule has 0 aliphatic carbocycles. The molecule has 1 amide bonds.